The van der Waals surface area contributed by atoms with Gasteiger partial charge in [0.1, 0.15) is 5.01 Å². The Labute approximate surface area is 122 Å². The maximum Gasteiger partial charge on any atom is 0.235 e. The van der Waals surface area contributed by atoms with Crippen molar-refractivity contribution in [3.63, 3.8) is 0 Å². The fourth-order valence-corrected chi connectivity index (χ4v) is 3.32. The zero-order valence-electron chi connectivity index (χ0n) is 10.6. The molecule has 0 saturated heterocycles. The first-order valence-electron chi connectivity index (χ1n) is 5.95. The van der Waals surface area contributed by atoms with Gasteiger partial charge in [-0.05, 0) is 24.5 Å². The highest BCUT2D eigenvalue weighted by Gasteiger charge is 2.17. The second-order valence-corrected chi connectivity index (χ2v) is 6.04. The molecule has 0 atom stereocenters. The van der Waals surface area contributed by atoms with Gasteiger partial charge in [0.2, 0.25) is 11.8 Å². The molecule has 3 heterocycles. The Balaban J connectivity index is 1.78. The summed E-state index contributed by atoms with van der Waals surface area (Å²) in [5.41, 5.74) is 1.000. The number of fused-ring (bicyclic) bond motifs is 2. The van der Waals surface area contributed by atoms with E-state index in [1.807, 2.05) is 24.5 Å². The van der Waals surface area contributed by atoms with Gasteiger partial charge in [0.25, 0.3) is 0 Å². The van der Waals surface area contributed by atoms with Gasteiger partial charge in [-0.2, -0.15) is 21.4 Å². The second-order valence-electron chi connectivity index (χ2n) is 4.22. The van der Waals surface area contributed by atoms with Gasteiger partial charge in [0.05, 0.1) is 5.75 Å². The standard InChI is InChI=1S/C12H10N4O2S2/c1-19-5-10-13-14-12-16(10)15-11(20-12)7-2-3-8-9(4-7)18-6-17-8/h2-4H,5-6H2,1H3. The van der Waals surface area contributed by atoms with E-state index < -0.39 is 0 Å². The first-order chi connectivity index (χ1) is 9.85. The van der Waals surface area contributed by atoms with Crippen molar-refractivity contribution in [2.75, 3.05) is 13.0 Å². The van der Waals surface area contributed by atoms with E-state index in [-0.39, 0.29) is 6.79 Å². The maximum absolute atomic E-state index is 5.39. The first-order valence-corrected chi connectivity index (χ1v) is 8.16. The molecule has 0 amide bonds. The number of nitrogens with zero attached hydrogens (tertiary/aromatic N) is 4. The number of aromatic nitrogens is 4. The molecule has 2 aromatic heterocycles. The van der Waals surface area contributed by atoms with Gasteiger partial charge < -0.3 is 9.47 Å². The van der Waals surface area contributed by atoms with Gasteiger partial charge >= 0.3 is 0 Å². The molecule has 0 unspecified atom stereocenters. The lowest BCUT2D eigenvalue weighted by atomic mass is 10.2. The second kappa shape index (κ2) is 4.64. The van der Waals surface area contributed by atoms with E-state index in [1.165, 1.54) is 11.3 Å². The van der Waals surface area contributed by atoms with E-state index >= 15 is 0 Å². The average Bonchev–Trinajstić information content (AvgIpc) is 3.14. The highest BCUT2D eigenvalue weighted by atomic mass is 32.2. The summed E-state index contributed by atoms with van der Waals surface area (Å²) < 4.78 is 12.5. The first kappa shape index (κ1) is 12.0. The lowest BCUT2D eigenvalue weighted by molar-refractivity contribution is 0.174. The molecule has 1 aromatic carbocycles. The summed E-state index contributed by atoms with van der Waals surface area (Å²) in [5, 5.41) is 13.8. The predicted molar refractivity (Wildman–Crippen MR) is 77.4 cm³/mol. The quantitative estimate of drug-likeness (QED) is 0.740. The molecule has 0 saturated carbocycles. The lowest BCUT2D eigenvalue weighted by Gasteiger charge is -1.98. The van der Waals surface area contributed by atoms with Crippen molar-refractivity contribution < 1.29 is 9.47 Å². The van der Waals surface area contributed by atoms with Gasteiger partial charge in [0.15, 0.2) is 17.3 Å². The normalized spacial score (nSPS) is 13.2. The average molecular weight is 306 g/mol. The van der Waals surface area contributed by atoms with Crippen LogP contribution in [0.1, 0.15) is 5.82 Å². The number of benzene rings is 1. The van der Waals surface area contributed by atoms with Crippen LogP contribution < -0.4 is 9.47 Å². The van der Waals surface area contributed by atoms with E-state index in [1.54, 1.807) is 16.3 Å². The van der Waals surface area contributed by atoms with Gasteiger partial charge in [-0.25, -0.2) is 0 Å². The highest BCUT2D eigenvalue weighted by molar-refractivity contribution is 7.97. The minimum atomic E-state index is 0.280. The van der Waals surface area contributed by atoms with Crippen LogP contribution in [0.15, 0.2) is 18.2 Å². The van der Waals surface area contributed by atoms with Crippen LogP contribution in [0.4, 0.5) is 0 Å². The Morgan fingerprint density at radius 1 is 1.30 bits per heavy atom. The highest BCUT2D eigenvalue weighted by Crippen LogP contribution is 2.37. The number of hydrogen-bond donors (Lipinski definition) is 0. The minimum absolute atomic E-state index is 0.280. The maximum atomic E-state index is 5.39. The molecule has 102 valence electrons. The molecule has 0 bridgehead atoms. The zero-order valence-corrected chi connectivity index (χ0v) is 12.2. The summed E-state index contributed by atoms with van der Waals surface area (Å²) in [6.45, 7) is 0.280. The molecule has 1 aliphatic rings. The molecule has 0 spiro atoms. The van der Waals surface area contributed by atoms with Crippen molar-refractivity contribution in [2.24, 2.45) is 0 Å². The SMILES string of the molecule is CSCc1nnc2sc(-c3ccc4c(c3)OCO4)nn12. The van der Waals surface area contributed by atoms with Crippen LogP contribution in [0.5, 0.6) is 11.5 Å². The fourth-order valence-electron chi connectivity index (χ4n) is 2.02. The summed E-state index contributed by atoms with van der Waals surface area (Å²) in [5.74, 6) is 3.21. The summed E-state index contributed by atoms with van der Waals surface area (Å²) in [6, 6.07) is 5.83. The summed E-state index contributed by atoms with van der Waals surface area (Å²) in [7, 11) is 0. The molecule has 20 heavy (non-hydrogen) atoms. The van der Waals surface area contributed by atoms with Crippen molar-refractivity contribution >= 4 is 28.1 Å². The smallest absolute Gasteiger partial charge is 0.235 e. The molecule has 0 N–H and O–H groups in total. The molecule has 8 heteroatoms. The number of thioether (sulfide) groups is 1. The summed E-state index contributed by atoms with van der Waals surface area (Å²) >= 11 is 3.22. The van der Waals surface area contributed by atoms with Crippen molar-refractivity contribution in [3.8, 4) is 22.1 Å². The summed E-state index contributed by atoms with van der Waals surface area (Å²) in [4.78, 5) is 0.807. The lowest BCUT2D eigenvalue weighted by Crippen LogP contribution is -1.93. The van der Waals surface area contributed by atoms with Crippen molar-refractivity contribution in [1.29, 1.82) is 0 Å². The monoisotopic (exact) mass is 306 g/mol. The number of hydrogen-bond acceptors (Lipinski definition) is 7. The van der Waals surface area contributed by atoms with Gasteiger partial charge in [-0.1, -0.05) is 11.3 Å². The molecule has 3 aromatic rings. The summed E-state index contributed by atoms with van der Waals surface area (Å²) in [6.07, 6.45) is 2.03. The van der Waals surface area contributed by atoms with Crippen molar-refractivity contribution in [2.45, 2.75) is 5.75 Å². The zero-order chi connectivity index (χ0) is 13.5. The Hall–Kier alpha value is -1.80. The molecule has 6 nitrogen and oxygen atoms in total. The van der Waals surface area contributed by atoms with E-state index in [0.717, 1.165) is 38.6 Å². The van der Waals surface area contributed by atoms with Crippen LogP contribution in [-0.2, 0) is 5.75 Å². The molecule has 0 radical (unpaired) electrons. The number of ether oxygens (including phenoxy) is 2. The minimum Gasteiger partial charge on any atom is -0.454 e. The third-order valence-corrected chi connectivity index (χ3v) is 4.44. The molecule has 1 aliphatic heterocycles. The predicted octanol–water partition coefficient (Wildman–Crippen LogP) is 2.44. The van der Waals surface area contributed by atoms with Crippen LogP contribution in [0, 0.1) is 0 Å². The van der Waals surface area contributed by atoms with Crippen LogP contribution >= 0.6 is 23.1 Å². The topological polar surface area (TPSA) is 61.5 Å². The van der Waals surface area contributed by atoms with Gasteiger partial charge in [-0.3, -0.25) is 0 Å². The van der Waals surface area contributed by atoms with Crippen LogP contribution in [0.3, 0.4) is 0 Å². The van der Waals surface area contributed by atoms with Gasteiger partial charge in [-0.15, -0.1) is 10.2 Å². The van der Waals surface area contributed by atoms with Crippen molar-refractivity contribution in [1.82, 2.24) is 19.8 Å². The van der Waals surface area contributed by atoms with Gasteiger partial charge in [0, 0.05) is 5.56 Å². The Kier molecular flexibility index (Phi) is 2.78. The van der Waals surface area contributed by atoms with E-state index in [4.69, 9.17) is 9.47 Å². The van der Waals surface area contributed by atoms with E-state index in [9.17, 15) is 0 Å². The van der Waals surface area contributed by atoms with Crippen LogP contribution in [0.25, 0.3) is 15.5 Å². The molecule has 0 fully saturated rings. The fraction of sp³-hybridized carbons (Fsp3) is 0.250. The molecular formula is C12H10N4O2S2. The molecular weight excluding hydrogens is 296 g/mol. The van der Waals surface area contributed by atoms with Crippen LogP contribution in [0.2, 0.25) is 0 Å². The largest absolute Gasteiger partial charge is 0.454 e. The third-order valence-electron chi connectivity index (χ3n) is 2.95. The van der Waals surface area contributed by atoms with E-state index in [0.29, 0.717) is 0 Å². The Morgan fingerprint density at radius 3 is 3.10 bits per heavy atom. The van der Waals surface area contributed by atoms with Crippen molar-refractivity contribution in [3.05, 3.63) is 24.0 Å². The van der Waals surface area contributed by atoms with E-state index in [2.05, 4.69) is 15.3 Å². The Morgan fingerprint density at radius 2 is 2.20 bits per heavy atom. The Bertz CT molecular complexity index is 783. The number of rotatable bonds is 3. The molecule has 4 rings (SSSR count). The molecule has 0 aliphatic carbocycles. The third kappa shape index (κ3) is 1.83. The van der Waals surface area contributed by atoms with Crippen LogP contribution in [-0.4, -0.2) is 32.9 Å².